The minimum atomic E-state index is -0.612. The van der Waals surface area contributed by atoms with Gasteiger partial charge >= 0.3 is 18.1 Å². The molecule has 2 aromatic heterocycles. The fourth-order valence-corrected chi connectivity index (χ4v) is 5.43. The second-order valence-electron chi connectivity index (χ2n) is 12.3. The zero-order chi connectivity index (χ0) is 38.2. The van der Waals surface area contributed by atoms with Gasteiger partial charge in [0.05, 0.1) is 37.7 Å². The molecule has 0 bridgehead atoms. The van der Waals surface area contributed by atoms with Crippen molar-refractivity contribution in [3.63, 3.8) is 0 Å². The van der Waals surface area contributed by atoms with Gasteiger partial charge in [0.15, 0.2) is 16.2 Å². The first kappa shape index (κ1) is 40.8. The highest BCUT2D eigenvalue weighted by Crippen LogP contribution is 2.28. The highest BCUT2D eigenvalue weighted by molar-refractivity contribution is 7.16. The first-order valence-corrected chi connectivity index (χ1v) is 17.9. The number of hydrogen-bond acceptors (Lipinski definition) is 10. The topological polar surface area (TPSA) is 246 Å². The summed E-state index contributed by atoms with van der Waals surface area (Å²) in [6.07, 6.45) is 3.19. The Hall–Kier alpha value is -5.62. The molecule has 0 atom stereocenters. The van der Waals surface area contributed by atoms with Gasteiger partial charge in [0.2, 0.25) is 0 Å². The summed E-state index contributed by atoms with van der Waals surface area (Å²) in [5.41, 5.74) is 18.9. The second kappa shape index (κ2) is 20.3. The largest absolute Gasteiger partial charge is 0.491 e. The molecule has 6 amide bonds. The molecule has 0 aliphatic carbocycles. The molecule has 16 nitrogen and oxygen atoms in total. The number of aryl methyl sites for hydroxylation is 2. The zero-order valence-corrected chi connectivity index (χ0v) is 31.7. The molecule has 0 aliphatic heterocycles. The lowest BCUT2D eigenvalue weighted by Crippen LogP contribution is -2.28. The maximum Gasteiger partial charge on any atom is 0.325 e. The van der Waals surface area contributed by atoms with Crippen molar-refractivity contribution < 1.29 is 23.9 Å². The number of primary amides is 1. The third-order valence-corrected chi connectivity index (χ3v) is 8.13. The maximum atomic E-state index is 12.3. The van der Waals surface area contributed by atoms with Crippen LogP contribution < -0.4 is 53.3 Å². The van der Waals surface area contributed by atoms with Gasteiger partial charge < -0.3 is 42.6 Å². The maximum absolute atomic E-state index is 12.3. The molecule has 4 rings (SSSR count). The number of amides is 6. The highest BCUT2D eigenvalue weighted by atomic mass is 32.1. The Bertz CT molecular complexity index is 1820. The first-order valence-electron chi connectivity index (χ1n) is 16.3. The third-order valence-electron chi connectivity index (χ3n) is 6.32. The third kappa shape index (κ3) is 15.1. The van der Waals surface area contributed by atoms with Crippen LogP contribution in [0.15, 0.2) is 53.8 Å². The molecule has 0 unspecified atom stereocenters. The molecule has 0 spiro atoms. The molecular formula is C34H47N11O5S2. The second-order valence-corrected chi connectivity index (χ2v) is 14.5. The first-order chi connectivity index (χ1) is 24.7. The van der Waals surface area contributed by atoms with Crippen LogP contribution >= 0.6 is 22.7 Å². The summed E-state index contributed by atoms with van der Waals surface area (Å²) < 4.78 is 11.6. The molecule has 0 saturated heterocycles. The molecule has 4 aromatic rings. The van der Waals surface area contributed by atoms with Crippen LogP contribution in [0.4, 0.5) is 36.0 Å². The standard InChI is InChI=1S/C17H24N6O2S.C17H23N5O3S/c1-10(2)9-25-14-6-11(3)4-5-13(14)22-16(24)23-17-21-8-12(26-17)7-20-15(18)19;1-10(2)9-25-14-6-11(3)4-5-13(14)21-16(24)22-17-20-8-12(26-17)7-19-15(18)23/h4-6,8,10H,7,9H2,1-3H3,(H4,18,19,20)(H2,21,22,23,24);4-6,8,10H,7,9H2,1-3H3,(H3,18,19,23)(H2,20,21,22,24). The van der Waals surface area contributed by atoms with Crippen LogP contribution in [0.5, 0.6) is 11.5 Å². The van der Waals surface area contributed by atoms with Crippen molar-refractivity contribution in [2.24, 2.45) is 34.0 Å². The molecule has 0 fully saturated rings. The normalized spacial score (nSPS) is 10.5. The molecule has 2 aromatic carbocycles. The van der Waals surface area contributed by atoms with Crippen LogP contribution in [0.2, 0.25) is 0 Å². The van der Waals surface area contributed by atoms with Crippen molar-refractivity contribution in [1.29, 1.82) is 0 Å². The Morgan fingerprint density at radius 2 is 1.19 bits per heavy atom. The van der Waals surface area contributed by atoms with Crippen molar-refractivity contribution >= 4 is 68.4 Å². The SMILES string of the molecule is Cc1ccc(NC(=O)Nc2ncc(CN=C(N)N)s2)c(OCC(C)C)c1.Cc1ccc(NC(=O)Nc2ncc(CNC(N)=O)s2)c(OCC(C)C)c1. The summed E-state index contributed by atoms with van der Waals surface area (Å²) in [6, 6.07) is 9.77. The lowest BCUT2D eigenvalue weighted by molar-refractivity contribution is 0.248. The Morgan fingerprint density at radius 3 is 1.63 bits per heavy atom. The number of guanidine groups is 1. The van der Waals surface area contributed by atoms with Gasteiger partial charge in [-0.15, -0.1) is 0 Å². The average Bonchev–Trinajstić information content (AvgIpc) is 3.72. The van der Waals surface area contributed by atoms with Crippen LogP contribution in [-0.4, -0.2) is 47.2 Å². The quantitative estimate of drug-likeness (QED) is 0.0539. The van der Waals surface area contributed by atoms with E-state index in [-0.39, 0.29) is 12.5 Å². The summed E-state index contributed by atoms with van der Waals surface area (Å²) in [5.74, 6) is 2.04. The zero-order valence-electron chi connectivity index (χ0n) is 30.0. The van der Waals surface area contributed by atoms with Gasteiger partial charge in [-0.25, -0.2) is 29.3 Å². The van der Waals surface area contributed by atoms with Crippen molar-refractivity contribution in [2.45, 2.75) is 54.6 Å². The Morgan fingerprint density at radius 1 is 0.731 bits per heavy atom. The molecule has 280 valence electrons. The van der Waals surface area contributed by atoms with E-state index >= 15 is 0 Å². The minimum absolute atomic E-state index is 0.0129. The molecule has 52 heavy (non-hydrogen) atoms. The van der Waals surface area contributed by atoms with Crippen LogP contribution in [0.3, 0.4) is 0 Å². The number of benzene rings is 2. The predicted molar refractivity (Wildman–Crippen MR) is 208 cm³/mol. The number of hydrogen-bond donors (Lipinski definition) is 8. The van der Waals surface area contributed by atoms with Crippen molar-refractivity contribution in [1.82, 2.24) is 15.3 Å². The predicted octanol–water partition coefficient (Wildman–Crippen LogP) is 6.20. The van der Waals surface area contributed by atoms with E-state index < -0.39 is 18.1 Å². The van der Waals surface area contributed by atoms with Crippen LogP contribution in [-0.2, 0) is 13.1 Å². The monoisotopic (exact) mass is 753 g/mol. The number of ether oxygens (including phenoxy) is 2. The number of urea groups is 3. The molecule has 2 heterocycles. The van der Waals surface area contributed by atoms with Crippen LogP contribution in [0.1, 0.15) is 48.6 Å². The van der Waals surface area contributed by atoms with Crippen molar-refractivity contribution in [3.8, 4) is 11.5 Å². The summed E-state index contributed by atoms with van der Waals surface area (Å²) in [6.45, 7) is 13.9. The van der Waals surface area contributed by atoms with Gasteiger partial charge in [-0.2, -0.15) is 0 Å². The average molecular weight is 754 g/mol. The Labute approximate surface area is 311 Å². The fraction of sp³-hybridized carbons (Fsp3) is 0.353. The summed E-state index contributed by atoms with van der Waals surface area (Å²) >= 11 is 2.55. The van der Waals surface area contributed by atoms with Gasteiger partial charge in [-0.05, 0) is 61.1 Å². The molecule has 0 saturated carbocycles. The van der Waals surface area contributed by atoms with E-state index in [0.29, 0.717) is 64.7 Å². The van der Waals surface area contributed by atoms with Gasteiger partial charge in [-0.1, -0.05) is 62.5 Å². The fourth-order valence-electron chi connectivity index (χ4n) is 3.95. The van der Waals surface area contributed by atoms with Crippen molar-refractivity contribution in [2.75, 3.05) is 34.5 Å². The van der Waals surface area contributed by atoms with E-state index in [9.17, 15) is 14.4 Å². The summed E-state index contributed by atoms with van der Waals surface area (Å²) in [5, 5.41) is 14.3. The number of carbonyl (C=O) groups excluding carboxylic acids is 3. The molecule has 18 heteroatoms. The number of anilines is 4. The minimum Gasteiger partial charge on any atom is -0.491 e. The number of nitrogens with zero attached hydrogens (tertiary/aromatic N) is 3. The number of thiazole rings is 2. The van der Waals surface area contributed by atoms with E-state index in [4.69, 9.17) is 26.7 Å². The lowest BCUT2D eigenvalue weighted by Gasteiger charge is -2.14. The van der Waals surface area contributed by atoms with E-state index in [2.05, 4.69) is 69.2 Å². The Kier molecular flexibility index (Phi) is 15.9. The molecule has 0 radical (unpaired) electrons. The molecule has 11 N–H and O–H groups in total. The van der Waals surface area contributed by atoms with Gasteiger partial charge in [0.1, 0.15) is 11.5 Å². The number of rotatable bonds is 14. The smallest absolute Gasteiger partial charge is 0.325 e. The van der Waals surface area contributed by atoms with E-state index in [1.54, 1.807) is 18.5 Å². The van der Waals surface area contributed by atoms with E-state index in [1.807, 2.05) is 44.2 Å². The molecular weight excluding hydrogens is 707 g/mol. The highest BCUT2D eigenvalue weighted by Gasteiger charge is 2.13. The number of aliphatic imine (C=N–C) groups is 1. The summed E-state index contributed by atoms with van der Waals surface area (Å²) in [4.78, 5) is 49.0. The van der Waals surface area contributed by atoms with Crippen LogP contribution in [0.25, 0.3) is 0 Å². The lowest BCUT2D eigenvalue weighted by atomic mass is 10.2. The van der Waals surface area contributed by atoms with Crippen LogP contribution in [0, 0.1) is 25.7 Å². The number of nitrogens with two attached hydrogens (primary N) is 3. The number of aromatic nitrogens is 2. The summed E-state index contributed by atoms with van der Waals surface area (Å²) in [7, 11) is 0. The Balaban J connectivity index is 0.000000280. The number of nitrogens with one attached hydrogen (secondary N) is 5. The van der Waals surface area contributed by atoms with E-state index in [0.717, 1.165) is 20.9 Å². The van der Waals surface area contributed by atoms with Gasteiger partial charge in [-0.3, -0.25) is 10.6 Å². The van der Waals surface area contributed by atoms with Gasteiger partial charge in [0.25, 0.3) is 0 Å². The van der Waals surface area contributed by atoms with Gasteiger partial charge in [0, 0.05) is 22.1 Å². The van der Waals surface area contributed by atoms with Crippen molar-refractivity contribution in [3.05, 3.63) is 69.7 Å². The number of carbonyl (C=O) groups is 3. The molecule has 0 aliphatic rings. The van der Waals surface area contributed by atoms with E-state index in [1.165, 1.54) is 22.7 Å².